The molecule has 0 aliphatic rings. The highest BCUT2D eigenvalue weighted by Crippen LogP contribution is 2.57. The van der Waals surface area contributed by atoms with Crippen molar-refractivity contribution in [2.45, 2.75) is 23.3 Å². The van der Waals surface area contributed by atoms with E-state index >= 15 is 0 Å². The summed E-state index contributed by atoms with van der Waals surface area (Å²) in [7, 11) is -6.73. The van der Waals surface area contributed by atoms with Crippen LogP contribution in [0.15, 0.2) is 0 Å². The smallest absolute Gasteiger partial charge is 0.298 e. The van der Waals surface area contributed by atoms with Crippen molar-refractivity contribution >= 4 is 9.35 Å². The Labute approximate surface area is 94.4 Å². The Morgan fingerprint density at radius 3 is 1.22 bits per heavy atom. The van der Waals surface area contributed by atoms with Crippen LogP contribution in [-0.2, 0) is 9.35 Å². The molecule has 0 spiro atoms. The molecule has 0 saturated heterocycles. The van der Waals surface area contributed by atoms with Gasteiger partial charge in [0, 0.05) is 12.5 Å². The molecule has 0 aromatic rings. The van der Waals surface area contributed by atoms with Gasteiger partial charge in [0.1, 0.15) is 0 Å². The minimum atomic E-state index is -7.17. The van der Waals surface area contributed by atoms with Gasteiger partial charge in [0.05, 0.1) is 0 Å². The molecule has 0 unspecified atom stereocenters. The van der Waals surface area contributed by atoms with Gasteiger partial charge < -0.3 is 0 Å². The molecule has 2 nitrogen and oxygen atoms in total. The Morgan fingerprint density at radius 1 is 0.778 bits per heavy atom. The first kappa shape index (κ1) is 17.5. The summed E-state index contributed by atoms with van der Waals surface area (Å²) in [5, 5.41) is -6.48. The second kappa shape index (κ2) is 3.52. The summed E-state index contributed by atoms with van der Waals surface area (Å²) in [4.78, 5) is 0. The van der Waals surface area contributed by atoms with Crippen molar-refractivity contribution in [1.82, 2.24) is 0 Å². The zero-order valence-electron chi connectivity index (χ0n) is 8.67. The van der Waals surface area contributed by atoms with Gasteiger partial charge in [-0.05, 0) is 0 Å². The third-order valence-corrected chi connectivity index (χ3v) is 3.57. The maximum absolute atomic E-state index is 12.9. The molecule has 12 heteroatoms. The van der Waals surface area contributed by atoms with Crippen LogP contribution in [0.3, 0.4) is 0 Å². The Balaban J connectivity index is 6.07. The Hall–Kier alpha value is -0.520. The number of halogens is 9. The Morgan fingerprint density at radius 2 is 1.06 bits per heavy atom. The van der Waals surface area contributed by atoms with E-state index in [9.17, 15) is 43.7 Å². The highest BCUT2D eigenvalue weighted by Gasteiger charge is 2.85. The van der Waals surface area contributed by atoms with E-state index in [0.717, 1.165) is 0 Å². The quantitative estimate of drug-likeness (QED) is 0.813. The van der Waals surface area contributed by atoms with Crippen molar-refractivity contribution < 1.29 is 48.3 Å². The summed E-state index contributed by atoms with van der Waals surface area (Å²) in [6.45, 7) is 0. The number of hydrogen-bond donors (Lipinski definition) is 1. The summed E-state index contributed by atoms with van der Waals surface area (Å²) >= 11 is 0. The molecule has 0 aromatic heterocycles. The molecule has 0 radical (unpaired) electrons. The van der Waals surface area contributed by atoms with E-state index in [1.54, 1.807) is 0 Å². The van der Waals surface area contributed by atoms with E-state index in [0.29, 0.717) is 0 Å². The van der Waals surface area contributed by atoms with Crippen molar-refractivity contribution in [3.63, 3.8) is 0 Å². The molecule has 0 atom stereocenters. The fourth-order valence-corrected chi connectivity index (χ4v) is 1.59. The Kier molecular flexibility index (Phi) is 3.42. The van der Waals surface area contributed by atoms with E-state index in [1.807, 2.05) is 0 Å². The number of rotatable bonds is 3. The molecule has 0 rings (SSSR count). The van der Waals surface area contributed by atoms with Crippen LogP contribution in [0.2, 0.25) is 0 Å². The average Bonchev–Trinajstić information content (AvgIpc) is 1.97. The minimum Gasteiger partial charge on any atom is -0.298 e. The second-order valence-corrected chi connectivity index (χ2v) is 7.97. The van der Waals surface area contributed by atoms with Crippen LogP contribution in [-0.4, -0.2) is 44.5 Å². The third-order valence-electron chi connectivity index (χ3n) is 1.85. The lowest BCUT2D eigenvalue weighted by Crippen LogP contribution is -2.68. The van der Waals surface area contributed by atoms with Gasteiger partial charge in [-0.25, -0.2) is 4.21 Å². The maximum atomic E-state index is 12.9. The molecule has 0 saturated carbocycles. The molecule has 1 N–H and O–H groups in total. The normalized spacial score (nSPS) is 18.3. The zero-order chi connectivity index (χ0) is 15.4. The molecule has 0 aliphatic heterocycles. The molecule has 0 fully saturated rings. The lowest BCUT2D eigenvalue weighted by molar-refractivity contribution is -0.383. The molecule has 18 heavy (non-hydrogen) atoms. The van der Waals surface area contributed by atoms with Crippen molar-refractivity contribution in [2.24, 2.45) is 0 Å². The summed E-state index contributed by atoms with van der Waals surface area (Å²) in [5.74, 6) is -14.2. The summed E-state index contributed by atoms with van der Waals surface area (Å²) in [6.07, 6.45) is -7.87. The zero-order valence-corrected chi connectivity index (χ0v) is 9.48. The van der Waals surface area contributed by atoms with Crippen molar-refractivity contribution in [3.05, 3.63) is 0 Å². The minimum absolute atomic E-state index is 0.433. The summed E-state index contributed by atoms with van der Waals surface area (Å²) in [5.41, 5.74) is 0. The van der Waals surface area contributed by atoms with Gasteiger partial charge in [0.15, 0.2) is 0 Å². The molecule has 0 heterocycles. The van der Waals surface area contributed by atoms with Crippen LogP contribution in [0.5, 0.6) is 0 Å². The average molecular weight is 314 g/mol. The van der Waals surface area contributed by atoms with Crippen molar-refractivity contribution in [2.75, 3.05) is 12.5 Å². The van der Waals surface area contributed by atoms with Gasteiger partial charge in [0.25, 0.3) is 0 Å². The van der Waals surface area contributed by atoms with Crippen molar-refractivity contribution in [3.8, 4) is 0 Å². The Bertz CT molecular complexity index is 393. The third kappa shape index (κ3) is 2.19. The van der Waals surface area contributed by atoms with E-state index < -0.39 is 45.1 Å². The molecular formula is C6H7F9O2S. The predicted octanol–water partition coefficient (Wildman–Crippen LogP) is 2.96. The standard InChI is InChI=1S/C6H7F9O2S/c1-18(2,16,17)6(14,15)4(9,10)3(7,8)5(11,12)13/h1-2H3,(H,16,17). The lowest BCUT2D eigenvalue weighted by Gasteiger charge is -2.46. The molecular weight excluding hydrogens is 307 g/mol. The number of hydrogen-bond acceptors (Lipinski definition) is 1. The van der Waals surface area contributed by atoms with Crippen molar-refractivity contribution in [1.29, 1.82) is 0 Å². The van der Waals surface area contributed by atoms with Gasteiger partial charge in [0.2, 0.25) is 0 Å². The predicted molar refractivity (Wildman–Crippen MR) is 43.5 cm³/mol. The first-order valence-corrected chi connectivity index (χ1v) is 6.56. The van der Waals surface area contributed by atoms with Crippen LogP contribution in [0, 0.1) is 0 Å². The maximum Gasteiger partial charge on any atom is 0.460 e. The molecule has 0 aliphatic carbocycles. The summed E-state index contributed by atoms with van der Waals surface area (Å²) in [6, 6.07) is 0. The first-order valence-electron chi connectivity index (χ1n) is 3.82. The topological polar surface area (TPSA) is 37.3 Å². The molecule has 112 valence electrons. The summed E-state index contributed by atoms with van der Waals surface area (Å²) < 4.78 is 130. The van der Waals surface area contributed by atoms with Crippen LogP contribution >= 0.6 is 0 Å². The van der Waals surface area contributed by atoms with Crippen LogP contribution in [0.25, 0.3) is 0 Å². The van der Waals surface area contributed by atoms with E-state index in [-0.39, 0.29) is 0 Å². The first-order chi connectivity index (χ1) is 7.26. The monoisotopic (exact) mass is 314 g/mol. The molecule has 0 bridgehead atoms. The van der Waals surface area contributed by atoms with Crippen LogP contribution in [0.4, 0.5) is 39.5 Å². The largest absolute Gasteiger partial charge is 0.460 e. The van der Waals surface area contributed by atoms with Gasteiger partial charge in [-0.15, -0.1) is 9.35 Å². The SMILES string of the molecule is CS(C)(=O)(O)C(F)(F)C(F)(F)C(F)(F)C(F)(F)F. The van der Waals surface area contributed by atoms with Crippen LogP contribution < -0.4 is 0 Å². The highest BCUT2D eigenvalue weighted by molar-refractivity contribution is 8.14. The highest BCUT2D eigenvalue weighted by atomic mass is 32.3. The fraction of sp³-hybridized carbons (Fsp3) is 1.00. The van der Waals surface area contributed by atoms with Gasteiger partial charge >= 0.3 is 23.3 Å². The van der Waals surface area contributed by atoms with Gasteiger partial charge in [-0.3, -0.25) is 4.55 Å². The van der Waals surface area contributed by atoms with Gasteiger partial charge in [-0.2, -0.15) is 39.5 Å². The fourth-order valence-electron chi connectivity index (χ4n) is 0.727. The van der Waals surface area contributed by atoms with Crippen LogP contribution in [0.1, 0.15) is 0 Å². The van der Waals surface area contributed by atoms with E-state index in [1.165, 1.54) is 0 Å². The van der Waals surface area contributed by atoms with Gasteiger partial charge in [-0.1, -0.05) is 0 Å². The van der Waals surface area contributed by atoms with E-state index in [2.05, 4.69) is 0 Å². The number of alkyl halides is 9. The molecule has 0 aromatic carbocycles. The molecule has 0 amide bonds. The second-order valence-electron chi connectivity index (χ2n) is 3.93. The lowest BCUT2D eigenvalue weighted by atomic mass is 10.1. The van der Waals surface area contributed by atoms with E-state index in [4.69, 9.17) is 4.55 Å².